The molecule has 2 atom stereocenters. The van der Waals surface area contributed by atoms with Gasteiger partial charge in [0.2, 0.25) is 17.7 Å². The van der Waals surface area contributed by atoms with E-state index in [0.29, 0.717) is 30.1 Å². The smallest absolute Gasteiger partial charge is 0.415 e. The van der Waals surface area contributed by atoms with Gasteiger partial charge >= 0.3 is 6.09 Å². The molecule has 1 N–H and O–H groups in total. The Kier molecular flexibility index (Phi) is 5.35. The Morgan fingerprint density at radius 2 is 2.03 bits per heavy atom. The fourth-order valence-corrected chi connectivity index (χ4v) is 3.31. The third kappa shape index (κ3) is 3.96. The number of benzene rings is 1. The molecule has 4 rings (SSSR count). The normalized spacial score (nSPS) is 17.3. The quantitative estimate of drug-likeness (QED) is 0.652. The van der Waals surface area contributed by atoms with Gasteiger partial charge in [0, 0.05) is 11.8 Å². The van der Waals surface area contributed by atoms with E-state index in [2.05, 4.69) is 25.4 Å². The molecule has 0 saturated carbocycles. The highest BCUT2D eigenvalue weighted by Gasteiger charge is 2.37. The van der Waals surface area contributed by atoms with E-state index in [0.717, 1.165) is 11.1 Å². The van der Waals surface area contributed by atoms with Gasteiger partial charge in [-0.1, -0.05) is 42.8 Å². The van der Waals surface area contributed by atoms with Crippen LogP contribution in [0.5, 0.6) is 0 Å². The number of hydrogen-bond acceptors (Lipinski definition) is 8. The summed E-state index contributed by atoms with van der Waals surface area (Å²) in [5.41, 5.74) is 2.01. The predicted octanol–water partition coefficient (Wildman–Crippen LogP) is 3.99. The van der Waals surface area contributed by atoms with Gasteiger partial charge in [0.25, 0.3) is 0 Å². The molecular weight excluding hydrogens is 384 g/mol. The third-order valence-corrected chi connectivity index (χ3v) is 5.00. The van der Waals surface area contributed by atoms with Crippen molar-refractivity contribution in [3.63, 3.8) is 0 Å². The molecule has 1 saturated heterocycles. The number of carbonyl (C=O) groups is 1. The standard InChI is InChI=1S/C21H24N6O3/c1-12(2)16-11-29-21(28)27(16)17-8-9-22-20(24-17)23-14(4)19-25-18(26-30-19)15-7-5-6-13(3)10-15/h5-10,12,14,16H,11H2,1-4H3,(H,22,23,24)/t14-,16-/m1/s1. The molecule has 0 spiro atoms. The SMILES string of the molecule is Cc1cccc(-c2noc([C@@H](C)Nc3nccc(N4C(=O)OC[C@@H]4C(C)C)n3)n2)c1. The monoisotopic (exact) mass is 408 g/mol. The summed E-state index contributed by atoms with van der Waals surface area (Å²) in [4.78, 5) is 27.0. The fraction of sp³-hybridized carbons (Fsp3) is 0.381. The second-order valence-electron chi connectivity index (χ2n) is 7.69. The topological polar surface area (TPSA) is 106 Å². The number of amides is 1. The Morgan fingerprint density at radius 3 is 2.80 bits per heavy atom. The lowest BCUT2D eigenvalue weighted by atomic mass is 10.0. The molecule has 1 aliphatic heterocycles. The summed E-state index contributed by atoms with van der Waals surface area (Å²) in [5.74, 6) is 2.03. The average molecular weight is 408 g/mol. The second-order valence-corrected chi connectivity index (χ2v) is 7.69. The summed E-state index contributed by atoms with van der Waals surface area (Å²) < 4.78 is 10.6. The molecule has 0 radical (unpaired) electrons. The fourth-order valence-electron chi connectivity index (χ4n) is 3.31. The van der Waals surface area contributed by atoms with Gasteiger partial charge in [-0.2, -0.15) is 9.97 Å². The van der Waals surface area contributed by atoms with Gasteiger partial charge in [0.1, 0.15) is 18.5 Å². The summed E-state index contributed by atoms with van der Waals surface area (Å²) in [6.45, 7) is 8.33. The Labute approximate surface area is 174 Å². The minimum absolute atomic E-state index is 0.0644. The highest BCUT2D eigenvalue weighted by atomic mass is 16.6. The summed E-state index contributed by atoms with van der Waals surface area (Å²) in [6, 6.07) is 9.21. The van der Waals surface area contributed by atoms with E-state index in [-0.39, 0.29) is 18.0 Å². The van der Waals surface area contributed by atoms with Gasteiger partial charge in [0.15, 0.2) is 0 Å². The van der Waals surface area contributed by atoms with Crippen LogP contribution in [0.25, 0.3) is 11.4 Å². The number of aromatic nitrogens is 4. The largest absolute Gasteiger partial charge is 0.447 e. The van der Waals surface area contributed by atoms with Crippen LogP contribution in [0.3, 0.4) is 0 Å². The third-order valence-electron chi connectivity index (χ3n) is 5.00. The van der Waals surface area contributed by atoms with E-state index in [9.17, 15) is 4.79 Å². The highest BCUT2D eigenvalue weighted by Crippen LogP contribution is 2.27. The number of hydrogen-bond donors (Lipinski definition) is 1. The predicted molar refractivity (Wildman–Crippen MR) is 111 cm³/mol. The number of cyclic esters (lactones) is 1. The minimum atomic E-state index is -0.397. The van der Waals surface area contributed by atoms with Crippen molar-refractivity contribution in [1.29, 1.82) is 0 Å². The van der Waals surface area contributed by atoms with E-state index in [4.69, 9.17) is 9.26 Å². The first-order chi connectivity index (χ1) is 14.4. The molecule has 3 aromatic rings. The molecule has 9 nitrogen and oxygen atoms in total. The van der Waals surface area contributed by atoms with Crippen molar-refractivity contribution in [3.05, 3.63) is 48.0 Å². The molecule has 2 aromatic heterocycles. The summed E-state index contributed by atoms with van der Waals surface area (Å²) in [5, 5.41) is 7.23. The van der Waals surface area contributed by atoms with Crippen LogP contribution in [0.1, 0.15) is 38.3 Å². The minimum Gasteiger partial charge on any atom is -0.447 e. The summed E-state index contributed by atoms with van der Waals surface area (Å²) in [6.07, 6.45) is 1.21. The molecule has 156 valence electrons. The van der Waals surface area contributed by atoms with Crippen molar-refractivity contribution in [3.8, 4) is 11.4 Å². The van der Waals surface area contributed by atoms with Gasteiger partial charge in [-0.25, -0.2) is 9.78 Å². The molecular formula is C21H24N6O3. The van der Waals surface area contributed by atoms with Gasteiger partial charge in [-0.3, -0.25) is 4.90 Å². The van der Waals surface area contributed by atoms with Crippen LogP contribution in [0.4, 0.5) is 16.6 Å². The van der Waals surface area contributed by atoms with Crippen molar-refractivity contribution in [1.82, 2.24) is 20.1 Å². The van der Waals surface area contributed by atoms with Crippen molar-refractivity contribution in [2.75, 3.05) is 16.8 Å². The van der Waals surface area contributed by atoms with Gasteiger partial charge in [0.05, 0.1) is 6.04 Å². The first-order valence-corrected chi connectivity index (χ1v) is 9.88. The number of aryl methyl sites for hydroxylation is 1. The average Bonchev–Trinajstić information content (AvgIpc) is 3.35. The molecule has 3 heterocycles. The van der Waals surface area contributed by atoms with Crippen LogP contribution < -0.4 is 10.2 Å². The lowest BCUT2D eigenvalue weighted by Crippen LogP contribution is -2.37. The van der Waals surface area contributed by atoms with Crippen LogP contribution in [0, 0.1) is 12.8 Å². The molecule has 1 amide bonds. The maximum Gasteiger partial charge on any atom is 0.415 e. The van der Waals surface area contributed by atoms with Crippen molar-refractivity contribution in [2.24, 2.45) is 5.92 Å². The van der Waals surface area contributed by atoms with E-state index < -0.39 is 6.09 Å². The van der Waals surface area contributed by atoms with E-state index in [1.165, 1.54) is 0 Å². The Morgan fingerprint density at radius 1 is 1.20 bits per heavy atom. The molecule has 1 fully saturated rings. The number of nitrogens with one attached hydrogen (secondary N) is 1. The van der Waals surface area contributed by atoms with E-state index in [1.807, 2.05) is 52.0 Å². The lowest BCUT2D eigenvalue weighted by Gasteiger charge is -2.23. The molecule has 30 heavy (non-hydrogen) atoms. The van der Waals surface area contributed by atoms with Crippen LogP contribution in [-0.2, 0) is 4.74 Å². The zero-order chi connectivity index (χ0) is 21.3. The van der Waals surface area contributed by atoms with Crippen LogP contribution >= 0.6 is 0 Å². The number of ether oxygens (including phenoxy) is 1. The van der Waals surface area contributed by atoms with Crippen LogP contribution in [0.2, 0.25) is 0 Å². The van der Waals surface area contributed by atoms with Gasteiger partial charge in [-0.05, 0) is 31.9 Å². The Bertz CT molecular complexity index is 1050. The molecule has 1 aromatic carbocycles. The van der Waals surface area contributed by atoms with Crippen LogP contribution in [0.15, 0.2) is 41.1 Å². The maximum absolute atomic E-state index is 12.2. The van der Waals surface area contributed by atoms with Crippen molar-refractivity contribution >= 4 is 17.9 Å². The number of rotatable bonds is 6. The highest BCUT2D eigenvalue weighted by molar-refractivity contribution is 5.89. The molecule has 0 bridgehead atoms. The zero-order valence-electron chi connectivity index (χ0n) is 17.4. The number of nitrogens with zero attached hydrogens (tertiary/aromatic N) is 5. The van der Waals surface area contributed by atoms with Gasteiger partial charge < -0.3 is 14.6 Å². The van der Waals surface area contributed by atoms with Crippen molar-refractivity contribution < 1.29 is 14.1 Å². The van der Waals surface area contributed by atoms with Crippen molar-refractivity contribution in [2.45, 2.75) is 39.8 Å². The van der Waals surface area contributed by atoms with E-state index in [1.54, 1.807) is 17.2 Å². The van der Waals surface area contributed by atoms with Crippen LogP contribution in [-0.4, -0.2) is 38.9 Å². The Balaban J connectivity index is 1.51. The molecule has 0 unspecified atom stereocenters. The molecule has 0 aliphatic carbocycles. The maximum atomic E-state index is 12.2. The summed E-state index contributed by atoms with van der Waals surface area (Å²) in [7, 11) is 0. The second kappa shape index (κ2) is 8.10. The first kappa shape index (κ1) is 19.8. The van der Waals surface area contributed by atoms with E-state index >= 15 is 0 Å². The van der Waals surface area contributed by atoms with Gasteiger partial charge in [-0.15, -0.1) is 0 Å². The number of anilines is 2. The first-order valence-electron chi connectivity index (χ1n) is 9.88. The lowest BCUT2D eigenvalue weighted by molar-refractivity contribution is 0.177. The number of carbonyl (C=O) groups excluding carboxylic acids is 1. The zero-order valence-corrected chi connectivity index (χ0v) is 17.4. The Hall–Kier alpha value is -3.49. The molecule has 1 aliphatic rings. The molecule has 9 heteroatoms. The summed E-state index contributed by atoms with van der Waals surface area (Å²) >= 11 is 0.